The Hall–Kier alpha value is -2.86. The predicted octanol–water partition coefficient (Wildman–Crippen LogP) is 4.16. The maximum Gasteiger partial charge on any atom is 0.204 e. The molecule has 0 radical (unpaired) electrons. The van der Waals surface area contributed by atoms with Gasteiger partial charge in [0.15, 0.2) is 11.5 Å². The SMILES string of the molecule is CCOc1ccc(C(=O)/C(Cl)=C\c2ccc(OC)c(OC)c2OC)cc1N. The van der Waals surface area contributed by atoms with Crippen LogP contribution in [0.15, 0.2) is 35.4 Å². The van der Waals surface area contributed by atoms with Gasteiger partial charge in [0, 0.05) is 11.1 Å². The van der Waals surface area contributed by atoms with E-state index >= 15 is 0 Å². The summed E-state index contributed by atoms with van der Waals surface area (Å²) in [6.07, 6.45) is 1.51. The lowest BCUT2D eigenvalue weighted by atomic mass is 10.1. The fourth-order valence-corrected chi connectivity index (χ4v) is 2.78. The molecule has 6 nitrogen and oxygen atoms in total. The largest absolute Gasteiger partial charge is 0.493 e. The fraction of sp³-hybridized carbons (Fsp3) is 0.250. The van der Waals surface area contributed by atoms with Crippen LogP contribution < -0.4 is 24.7 Å². The lowest BCUT2D eigenvalue weighted by Gasteiger charge is -2.14. The number of rotatable bonds is 8. The molecule has 0 fully saturated rings. The first-order chi connectivity index (χ1) is 13.0. The number of nitrogens with two attached hydrogens (primary N) is 1. The molecule has 0 heterocycles. The van der Waals surface area contributed by atoms with Gasteiger partial charge in [0.2, 0.25) is 11.5 Å². The summed E-state index contributed by atoms with van der Waals surface area (Å²) in [5.74, 6) is 1.48. The third kappa shape index (κ3) is 4.46. The van der Waals surface area contributed by atoms with Crippen LogP contribution >= 0.6 is 11.6 Å². The Bertz CT molecular complexity index is 864. The number of carbonyl (C=O) groups is 1. The molecule has 0 aliphatic rings. The number of carbonyl (C=O) groups excluding carboxylic acids is 1. The van der Waals surface area contributed by atoms with Crippen LogP contribution in [0.5, 0.6) is 23.0 Å². The van der Waals surface area contributed by atoms with E-state index in [0.717, 1.165) is 0 Å². The summed E-state index contributed by atoms with van der Waals surface area (Å²) in [6, 6.07) is 8.23. The molecule has 2 rings (SSSR count). The molecule has 27 heavy (non-hydrogen) atoms. The number of halogens is 1. The molecular weight excluding hydrogens is 370 g/mol. The van der Waals surface area contributed by atoms with Crippen molar-refractivity contribution in [2.24, 2.45) is 0 Å². The van der Waals surface area contributed by atoms with E-state index < -0.39 is 0 Å². The molecule has 0 aliphatic heterocycles. The van der Waals surface area contributed by atoms with Gasteiger partial charge in [-0.25, -0.2) is 0 Å². The average Bonchev–Trinajstić information content (AvgIpc) is 2.68. The molecule has 0 saturated heterocycles. The van der Waals surface area contributed by atoms with Gasteiger partial charge in [-0.05, 0) is 43.3 Å². The van der Waals surface area contributed by atoms with Gasteiger partial charge in [-0.2, -0.15) is 0 Å². The van der Waals surface area contributed by atoms with Crippen molar-refractivity contribution in [3.05, 3.63) is 46.5 Å². The highest BCUT2D eigenvalue weighted by atomic mass is 35.5. The minimum Gasteiger partial charge on any atom is -0.493 e. The number of anilines is 1. The summed E-state index contributed by atoms with van der Waals surface area (Å²) in [7, 11) is 4.53. The van der Waals surface area contributed by atoms with Crippen LogP contribution in [0.1, 0.15) is 22.8 Å². The van der Waals surface area contributed by atoms with E-state index in [2.05, 4.69) is 0 Å². The Kier molecular flexibility index (Phi) is 6.96. The van der Waals surface area contributed by atoms with Crippen LogP contribution in [0, 0.1) is 0 Å². The van der Waals surface area contributed by atoms with Gasteiger partial charge >= 0.3 is 0 Å². The quantitative estimate of drug-likeness (QED) is 0.413. The molecule has 0 unspecified atom stereocenters. The minimum atomic E-state index is -0.372. The standard InChI is InChI=1S/C20H22ClNO5/c1-5-27-16-8-6-12(11-15(16)22)18(23)14(21)10-13-7-9-17(24-2)20(26-4)19(13)25-3/h6-11H,5,22H2,1-4H3/b14-10+. The normalized spacial score (nSPS) is 11.1. The second-order valence-corrected chi connectivity index (χ2v) is 5.84. The molecule has 0 bridgehead atoms. The second kappa shape index (κ2) is 9.19. The number of methoxy groups -OCH3 is 3. The van der Waals surface area contributed by atoms with Crippen molar-refractivity contribution in [3.63, 3.8) is 0 Å². The van der Waals surface area contributed by atoms with Crippen LogP contribution in [-0.2, 0) is 0 Å². The Morgan fingerprint density at radius 2 is 1.70 bits per heavy atom. The lowest BCUT2D eigenvalue weighted by molar-refractivity contribution is 0.104. The summed E-state index contributed by atoms with van der Waals surface area (Å²) in [5, 5.41) is 0.00378. The van der Waals surface area contributed by atoms with Crippen LogP contribution in [0.3, 0.4) is 0 Å². The Morgan fingerprint density at radius 1 is 1.04 bits per heavy atom. The van der Waals surface area contributed by atoms with E-state index in [1.807, 2.05) is 6.92 Å². The van der Waals surface area contributed by atoms with Crippen LogP contribution in [-0.4, -0.2) is 33.7 Å². The average molecular weight is 392 g/mol. The maximum absolute atomic E-state index is 12.7. The third-order valence-corrected chi connectivity index (χ3v) is 4.09. The van der Waals surface area contributed by atoms with Crippen molar-refractivity contribution >= 4 is 29.1 Å². The maximum atomic E-state index is 12.7. The molecule has 2 aromatic carbocycles. The van der Waals surface area contributed by atoms with E-state index in [4.69, 9.17) is 36.3 Å². The van der Waals surface area contributed by atoms with Gasteiger partial charge in [0.1, 0.15) is 5.75 Å². The van der Waals surface area contributed by atoms with Crippen molar-refractivity contribution in [2.45, 2.75) is 6.92 Å². The number of benzene rings is 2. The first kappa shape index (κ1) is 20.5. The summed E-state index contributed by atoms with van der Waals surface area (Å²) in [4.78, 5) is 12.7. The Labute approximate surface area is 163 Å². The third-order valence-electron chi connectivity index (χ3n) is 3.81. The number of nitrogen functional groups attached to an aromatic ring is 1. The minimum absolute atomic E-state index is 0.00378. The molecule has 0 spiro atoms. The van der Waals surface area contributed by atoms with E-state index in [-0.39, 0.29) is 10.8 Å². The van der Waals surface area contributed by atoms with Crippen molar-refractivity contribution in [3.8, 4) is 23.0 Å². The monoisotopic (exact) mass is 391 g/mol. The highest BCUT2D eigenvalue weighted by Crippen LogP contribution is 2.41. The fourth-order valence-electron chi connectivity index (χ4n) is 2.55. The number of ketones is 1. The molecule has 2 aromatic rings. The van der Waals surface area contributed by atoms with E-state index in [0.29, 0.717) is 46.4 Å². The van der Waals surface area contributed by atoms with Crippen LogP contribution in [0.25, 0.3) is 6.08 Å². The first-order valence-corrected chi connectivity index (χ1v) is 8.57. The first-order valence-electron chi connectivity index (χ1n) is 8.19. The number of hydrogen-bond acceptors (Lipinski definition) is 6. The van der Waals surface area contributed by atoms with E-state index in [1.54, 1.807) is 24.3 Å². The number of allylic oxidation sites excluding steroid dienone is 1. The van der Waals surface area contributed by atoms with Crippen LogP contribution in [0.2, 0.25) is 0 Å². The molecule has 0 saturated carbocycles. The van der Waals surface area contributed by atoms with Crippen molar-refractivity contribution in [2.75, 3.05) is 33.7 Å². The lowest BCUT2D eigenvalue weighted by Crippen LogP contribution is -2.03. The molecule has 0 amide bonds. The second-order valence-electron chi connectivity index (χ2n) is 5.43. The Balaban J connectivity index is 2.39. The number of Topliss-reactive ketones (excluding diaryl/α,β-unsaturated/α-hetero) is 1. The zero-order valence-electron chi connectivity index (χ0n) is 15.7. The van der Waals surface area contributed by atoms with Gasteiger partial charge in [0.05, 0.1) is 38.7 Å². The Morgan fingerprint density at radius 3 is 2.26 bits per heavy atom. The molecular formula is C20H22ClNO5. The van der Waals surface area contributed by atoms with Gasteiger partial charge in [0.25, 0.3) is 0 Å². The van der Waals surface area contributed by atoms with Crippen molar-refractivity contribution in [1.82, 2.24) is 0 Å². The molecule has 2 N–H and O–H groups in total. The number of hydrogen-bond donors (Lipinski definition) is 1. The summed E-state index contributed by atoms with van der Waals surface area (Å²) in [6.45, 7) is 2.34. The van der Waals surface area contributed by atoms with Crippen LogP contribution in [0.4, 0.5) is 5.69 Å². The summed E-state index contributed by atoms with van der Waals surface area (Å²) < 4.78 is 21.4. The van der Waals surface area contributed by atoms with Gasteiger partial charge in [-0.3, -0.25) is 4.79 Å². The summed E-state index contributed by atoms with van der Waals surface area (Å²) in [5.41, 5.74) is 7.23. The topological polar surface area (TPSA) is 80.0 Å². The zero-order chi connectivity index (χ0) is 20.0. The van der Waals surface area contributed by atoms with E-state index in [1.165, 1.54) is 33.5 Å². The van der Waals surface area contributed by atoms with E-state index in [9.17, 15) is 4.79 Å². The van der Waals surface area contributed by atoms with Gasteiger partial charge in [-0.15, -0.1) is 0 Å². The van der Waals surface area contributed by atoms with Gasteiger partial charge < -0.3 is 24.7 Å². The number of ether oxygens (including phenoxy) is 4. The molecule has 0 aliphatic carbocycles. The molecule has 0 aromatic heterocycles. The van der Waals surface area contributed by atoms with Crippen molar-refractivity contribution < 1.29 is 23.7 Å². The highest BCUT2D eigenvalue weighted by Gasteiger charge is 2.17. The van der Waals surface area contributed by atoms with Crippen molar-refractivity contribution in [1.29, 1.82) is 0 Å². The molecule has 7 heteroatoms. The van der Waals surface area contributed by atoms with Gasteiger partial charge in [-0.1, -0.05) is 11.6 Å². The summed E-state index contributed by atoms with van der Waals surface area (Å²) >= 11 is 6.26. The molecule has 144 valence electrons. The highest BCUT2D eigenvalue weighted by molar-refractivity contribution is 6.47. The smallest absolute Gasteiger partial charge is 0.204 e. The molecule has 0 atom stereocenters. The zero-order valence-corrected chi connectivity index (χ0v) is 16.4. The predicted molar refractivity (Wildman–Crippen MR) is 106 cm³/mol.